The summed E-state index contributed by atoms with van der Waals surface area (Å²) >= 11 is 0. The normalized spacial score (nSPS) is 12.3. The first kappa shape index (κ1) is 28.9. The van der Waals surface area contributed by atoms with Crippen LogP contribution < -0.4 is 15.2 Å². The number of methoxy groups -OCH3 is 1. The molecule has 10 nitrogen and oxygen atoms in total. The van der Waals surface area contributed by atoms with E-state index in [1.807, 2.05) is 20.8 Å². The first-order chi connectivity index (χ1) is 16.2. The maximum Gasteiger partial charge on any atom is 0.508 e. The maximum absolute atomic E-state index is 12.4. The van der Waals surface area contributed by atoms with Gasteiger partial charge in [0.2, 0.25) is 0 Å². The molecule has 0 aliphatic rings. The van der Waals surface area contributed by atoms with Crippen LogP contribution >= 0.6 is 0 Å². The van der Waals surface area contributed by atoms with Crippen molar-refractivity contribution in [1.29, 1.82) is 0 Å². The number of rotatable bonds is 14. The third-order valence-corrected chi connectivity index (χ3v) is 4.67. The topological polar surface area (TPSA) is 140 Å². The molecule has 0 spiro atoms. The molecule has 0 aliphatic carbocycles. The summed E-state index contributed by atoms with van der Waals surface area (Å²) in [5.74, 6) is -1.52. The Kier molecular flexibility index (Phi) is 12.7. The van der Waals surface area contributed by atoms with E-state index in [-0.39, 0.29) is 50.4 Å². The van der Waals surface area contributed by atoms with Crippen LogP contribution in [0, 0.1) is 0 Å². The number of benzene rings is 1. The molecule has 0 saturated carbocycles. The Bertz CT molecular complexity index is 840. The summed E-state index contributed by atoms with van der Waals surface area (Å²) in [6.45, 7) is 5.57. The predicted molar refractivity (Wildman–Crippen MR) is 122 cm³/mol. The quantitative estimate of drug-likeness (QED) is 0.310. The third-order valence-electron chi connectivity index (χ3n) is 4.67. The van der Waals surface area contributed by atoms with Crippen molar-refractivity contribution in [3.05, 3.63) is 23.8 Å². The van der Waals surface area contributed by atoms with Crippen molar-refractivity contribution in [2.75, 3.05) is 20.3 Å². The third kappa shape index (κ3) is 9.78. The lowest BCUT2D eigenvalue weighted by Crippen LogP contribution is -2.51. The van der Waals surface area contributed by atoms with Gasteiger partial charge in [0, 0.05) is 25.7 Å². The zero-order valence-electron chi connectivity index (χ0n) is 20.3. The number of carbonyl (C=O) groups is 4. The van der Waals surface area contributed by atoms with Crippen molar-refractivity contribution in [2.45, 2.75) is 71.3 Å². The van der Waals surface area contributed by atoms with Gasteiger partial charge in [-0.15, -0.1) is 0 Å². The Morgan fingerprint density at radius 1 is 0.853 bits per heavy atom. The van der Waals surface area contributed by atoms with Crippen LogP contribution in [0.2, 0.25) is 0 Å². The van der Waals surface area contributed by atoms with Gasteiger partial charge in [-0.3, -0.25) is 14.4 Å². The van der Waals surface area contributed by atoms with E-state index in [0.717, 1.165) is 0 Å². The molecule has 0 heterocycles. The molecule has 1 aromatic carbocycles. The summed E-state index contributed by atoms with van der Waals surface area (Å²) in [5.41, 5.74) is 5.32. The Labute approximate surface area is 200 Å². The molecule has 1 rings (SSSR count). The molecule has 10 heteroatoms. The second-order valence-corrected chi connectivity index (χ2v) is 7.75. The van der Waals surface area contributed by atoms with Gasteiger partial charge in [-0.2, -0.15) is 0 Å². The van der Waals surface area contributed by atoms with Crippen molar-refractivity contribution in [1.82, 2.24) is 0 Å². The summed E-state index contributed by atoms with van der Waals surface area (Å²) in [7, 11) is 1.20. The fourth-order valence-corrected chi connectivity index (χ4v) is 2.96. The van der Waals surface area contributed by atoms with E-state index < -0.39 is 29.6 Å². The predicted octanol–water partition coefficient (Wildman–Crippen LogP) is 3.46. The largest absolute Gasteiger partial charge is 0.508 e. The van der Waals surface area contributed by atoms with Crippen molar-refractivity contribution < 1.29 is 42.9 Å². The van der Waals surface area contributed by atoms with E-state index in [1.54, 1.807) is 6.07 Å². The molecule has 0 unspecified atom stereocenters. The van der Waals surface area contributed by atoms with Crippen molar-refractivity contribution in [3.8, 4) is 11.5 Å². The lowest BCUT2D eigenvalue weighted by molar-refractivity contribution is -0.147. The minimum atomic E-state index is -1.54. The lowest BCUT2D eigenvalue weighted by atomic mass is 9.88. The molecule has 0 radical (unpaired) electrons. The Morgan fingerprint density at radius 2 is 1.44 bits per heavy atom. The van der Waals surface area contributed by atoms with Gasteiger partial charge in [-0.05, 0) is 37.0 Å². The fraction of sp³-hybridized carbons (Fsp3) is 0.583. The first-order valence-electron chi connectivity index (χ1n) is 11.4. The molecule has 0 bridgehead atoms. The van der Waals surface area contributed by atoms with Gasteiger partial charge < -0.3 is 29.4 Å². The van der Waals surface area contributed by atoms with Crippen LogP contribution in [0.25, 0.3) is 0 Å². The van der Waals surface area contributed by atoms with E-state index in [9.17, 15) is 19.2 Å². The fourth-order valence-electron chi connectivity index (χ4n) is 2.96. The van der Waals surface area contributed by atoms with Gasteiger partial charge in [-0.1, -0.05) is 26.8 Å². The number of nitrogens with two attached hydrogens (primary N) is 1. The summed E-state index contributed by atoms with van der Waals surface area (Å²) in [6.07, 6.45) is 1.31. The molecule has 0 aliphatic heterocycles. The van der Waals surface area contributed by atoms with Crippen molar-refractivity contribution in [2.24, 2.45) is 5.73 Å². The highest BCUT2D eigenvalue weighted by molar-refractivity contribution is 5.81. The minimum Gasteiger partial charge on any atom is -0.468 e. The van der Waals surface area contributed by atoms with E-state index >= 15 is 0 Å². The Hall–Kier alpha value is -3.14. The Morgan fingerprint density at radius 3 is 2.00 bits per heavy atom. The monoisotopic (exact) mass is 481 g/mol. The van der Waals surface area contributed by atoms with Gasteiger partial charge in [0.15, 0.2) is 11.5 Å². The molecule has 1 atom stereocenters. The second-order valence-electron chi connectivity index (χ2n) is 7.75. The van der Waals surface area contributed by atoms with Gasteiger partial charge in [0.1, 0.15) is 5.54 Å². The second kappa shape index (κ2) is 14.9. The van der Waals surface area contributed by atoms with Gasteiger partial charge in [0.25, 0.3) is 0 Å². The molecule has 0 aromatic heterocycles. The molecular formula is C24H35NO9. The van der Waals surface area contributed by atoms with E-state index in [1.165, 1.54) is 19.2 Å². The smallest absolute Gasteiger partial charge is 0.468 e. The van der Waals surface area contributed by atoms with E-state index in [0.29, 0.717) is 24.8 Å². The van der Waals surface area contributed by atoms with Crippen LogP contribution in [-0.4, -0.2) is 49.9 Å². The van der Waals surface area contributed by atoms with Crippen LogP contribution in [0.1, 0.15) is 64.9 Å². The highest BCUT2D eigenvalue weighted by Crippen LogP contribution is 2.31. The number of carbonyl (C=O) groups excluding carboxylic acids is 4. The number of hydrogen-bond donors (Lipinski definition) is 1. The SMILES string of the molecule is CCCOC(=O)OCC[C@@](N)(Cc1ccc(OC(=O)CCC)c(OC(=O)CCC)c1)C(=O)OC. The molecule has 34 heavy (non-hydrogen) atoms. The molecule has 1 aromatic rings. The number of esters is 3. The highest BCUT2D eigenvalue weighted by Gasteiger charge is 2.36. The molecule has 0 amide bonds. The summed E-state index contributed by atoms with van der Waals surface area (Å²) < 4.78 is 25.4. The van der Waals surface area contributed by atoms with E-state index in [4.69, 9.17) is 29.4 Å². The van der Waals surface area contributed by atoms with Crippen molar-refractivity contribution in [3.63, 3.8) is 0 Å². The van der Waals surface area contributed by atoms with Crippen LogP contribution in [0.5, 0.6) is 11.5 Å². The van der Waals surface area contributed by atoms with Gasteiger partial charge in [-0.25, -0.2) is 4.79 Å². The Balaban J connectivity index is 3.08. The summed E-state index contributed by atoms with van der Waals surface area (Å²) in [4.78, 5) is 48.1. The molecular weight excluding hydrogens is 446 g/mol. The van der Waals surface area contributed by atoms with Crippen molar-refractivity contribution >= 4 is 24.1 Å². The standard InChI is InChI=1S/C24H35NO9/c1-5-8-20(26)33-18-11-10-17(15-19(18)34-21(27)9-6-2)16-24(25,22(28)30-4)12-14-32-23(29)31-13-7-3/h10-11,15H,5-9,12-14,16,25H2,1-4H3/t24-/m1/s1. The zero-order chi connectivity index (χ0) is 25.6. The van der Waals surface area contributed by atoms with E-state index in [2.05, 4.69) is 0 Å². The minimum absolute atomic E-state index is 0.0193. The number of hydrogen-bond acceptors (Lipinski definition) is 10. The summed E-state index contributed by atoms with van der Waals surface area (Å²) in [6, 6.07) is 4.57. The van der Waals surface area contributed by atoms with Crippen LogP contribution in [0.4, 0.5) is 4.79 Å². The number of ether oxygens (including phenoxy) is 5. The highest BCUT2D eigenvalue weighted by atomic mass is 16.7. The molecule has 2 N–H and O–H groups in total. The van der Waals surface area contributed by atoms with Crippen LogP contribution in [0.3, 0.4) is 0 Å². The molecule has 0 fully saturated rings. The van der Waals surface area contributed by atoms with Crippen LogP contribution in [0.15, 0.2) is 18.2 Å². The zero-order valence-corrected chi connectivity index (χ0v) is 20.3. The summed E-state index contributed by atoms with van der Waals surface area (Å²) in [5, 5.41) is 0. The first-order valence-corrected chi connectivity index (χ1v) is 11.4. The average Bonchev–Trinajstić information content (AvgIpc) is 2.79. The average molecular weight is 482 g/mol. The maximum atomic E-state index is 12.4. The van der Waals surface area contributed by atoms with Gasteiger partial charge >= 0.3 is 24.1 Å². The van der Waals surface area contributed by atoms with Gasteiger partial charge in [0.05, 0.1) is 20.3 Å². The van der Waals surface area contributed by atoms with Crippen LogP contribution in [-0.2, 0) is 35.0 Å². The lowest BCUT2D eigenvalue weighted by Gasteiger charge is -2.26. The molecule has 190 valence electrons. The molecule has 0 saturated heterocycles.